The summed E-state index contributed by atoms with van der Waals surface area (Å²) in [7, 11) is 0. The lowest BCUT2D eigenvalue weighted by Gasteiger charge is -2.04. The van der Waals surface area contributed by atoms with Crippen LogP contribution in [-0.2, 0) is 4.79 Å². The molecule has 0 saturated carbocycles. The molecule has 8 heteroatoms. The van der Waals surface area contributed by atoms with Gasteiger partial charge in [0, 0.05) is 29.8 Å². The van der Waals surface area contributed by atoms with E-state index in [0.717, 1.165) is 11.1 Å². The Hall–Kier alpha value is -3.68. The molecule has 0 spiro atoms. The largest absolute Gasteiger partial charge is 0.420 e. The zero-order chi connectivity index (χ0) is 19.8. The van der Waals surface area contributed by atoms with Gasteiger partial charge in [-0.05, 0) is 56.3 Å². The zero-order valence-electron chi connectivity index (χ0n) is 15.6. The van der Waals surface area contributed by atoms with Gasteiger partial charge in [0.1, 0.15) is 0 Å². The number of aromatic nitrogens is 3. The van der Waals surface area contributed by atoms with E-state index < -0.39 is 5.76 Å². The van der Waals surface area contributed by atoms with Gasteiger partial charge < -0.3 is 14.3 Å². The number of hydrogen-bond donors (Lipinski definition) is 1. The van der Waals surface area contributed by atoms with Crippen LogP contribution in [0.5, 0.6) is 0 Å². The van der Waals surface area contributed by atoms with Gasteiger partial charge in [-0.1, -0.05) is 5.16 Å². The second kappa shape index (κ2) is 6.80. The minimum atomic E-state index is -0.393. The van der Waals surface area contributed by atoms with E-state index in [1.807, 2.05) is 26.0 Å². The number of nitrogens with one attached hydrogen (secondary N) is 1. The Morgan fingerprint density at radius 2 is 1.82 bits per heavy atom. The molecule has 0 bridgehead atoms. The average molecular weight is 378 g/mol. The van der Waals surface area contributed by atoms with Crippen LogP contribution in [0.15, 0.2) is 56.2 Å². The Bertz CT molecular complexity index is 1220. The highest BCUT2D eigenvalue weighted by atomic mass is 16.5. The predicted octanol–water partition coefficient (Wildman–Crippen LogP) is 3.85. The fourth-order valence-electron chi connectivity index (χ4n) is 3.02. The molecular weight excluding hydrogens is 360 g/mol. The first-order valence-corrected chi connectivity index (χ1v) is 8.79. The smallest absolute Gasteiger partial charge is 0.408 e. The third kappa shape index (κ3) is 3.20. The van der Waals surface area contributed by atoms with E-state index in [2.05, 4.69) is 15.5 Å². The normalized spacial score (nSPS) is 11.3. The van der Waals surface area contributed by atoms with Crippen molar-refractivity contribution in [3.63, 3.8) is 0 Å². The maximum absolute atomic E-state index is 12.0. The molecule has 0 aliphatic carbocycles. The fourth-order valence-corrected chi connectivity index (χ4v) is 3.02. The molecule has 0 saturated heterocycles. The summed E-state index contributed by atoms with van der Waals surface area (Å²) in [5.74, 6) is 0.213. The van der Waals surface area contributed by atoms with Crippen molar-refractivity contribution in [2.75, 3.05) is 5.32 Å². The lowest BCUT2D eigenvalue weighted by Crippen LogP contribution is -2.15. The number of carbonyl (C=O) groups is 1. The summed E-state index contributed by atoms with van der Waals surface area (Å²) < 4.78 is 12.3. The maximum Gasteiger partial charge on any atom is 0.420 e. The highest BCUT2D eigenvalue weighted by Gasteiger charge is 2.15. The van der Waals surface area contributed by atoms with Gasteiger partial charge in [0.05, 0.1) is 5.52 Å². The molecule has 1 amide bonds. The summed E-state index contributed by atoms with van der Waals surface area (Å²) in [4.78, 5) is 27.6. The lowest BCUT2D eigenvalue weighted by atomic mass is 10.2. The van der Waals surface area contributed by atoms with Crippen molar-refractivity contribution >= 4 is 22.7 Å². The van der Waals surface area contributed by atoms with Gasteiger partial charge in [0.25, 0.3) is 5.89 Å². The predicted molar refractivity (Wildman–Crippen MR) is 104 cm³/mol. The second-order valence-electron chi connectivity index (χ2n) is 6.70. The number of carbonyl (C=O) groups excluding carboxylic acids is 1. The Labute approximate surface area is 159 Å². The number of anilines is 1. The molecule has 0 atom stereocenters. The maximum atomic E-state index is 12.0. The summed E-state index contributed by atoms with van der Waals surface area (Å²) in [6, 6.07) is 12.5. The molecule has 0 radical (unpaired) electrons. The third-order valence-electron chi connectivity index (χ3n) is 4.27. The first kappa shape index (κ1) is 17.7. The number of hydrogen-bond acceptors (Lipinski definition) is 6. The summed E-state index contributed by atoms with van der Waals surface area (Å²) in [6.45, 7) is 5.30. The molecule has 2 heterocycles. The Balaban J connectivity index is 1.65. The number of oxazole rings is 1. The molecular formula is C20H18N4O4. The molecule has 28 heavy (non-hydrogen) atoms. The summed E-state index contributed by atoms with van der Waals surface area (Å²) >= 11 is 0. The Kier molecular flexibility index (Phi) is 4.31. The first-order chi connectivity index (χ1) is 13.4. The van der Waals surface area contributed by atoms with E-state index in [4.69, 9.17) is 8.94 Å². The van der Waals surface area contributed by atoms with Crippen molar-refractivity contribution in [3.05, 3.63) is 53.0 Å². The van der Waals surface area contributed by atoms with Gasteiger partial charge in [-0.15, -0.1) is 0 Å². The average Bonchev–Trinajstić information content (AvgIpc) is 3.25. The molecule has 2 aromatic heterocycles. The summed E-state index contributed by atoms with van der Waals surface area (Å²) in [5.41, 5.74) is 3.29. The number of fused-ring (bicyclic) bond motifs is 1. The molecule has 142 valence electrons. The quantitative estimate of drug-likeness (QED) is 0.578. The molecule has 4 rings (SSSR count). The zero-order valence-corrected chi connectivity index (χ0v) is 15.6. The van der Waals surface area contributed by atoms with Crippen molar-refractivity contribution in [1.29, 1.82) is 0 Å². The number of amides is 1. The van der Waals surface area contributed by atoms with Crippen molar-refractivity contribution in [2.45, 2.75) is 26.8 Å². The Morgan fingerprint density at radius 1 is 1.11 bits per heavy atom. The SMILES string of the molecule is CC(=O)Nc1ccc(-c2nc(-c3ccc4c(c3)oc(=O)n4C(C)C)no2)cc1. The van der Waals surface area contributed by atoms with Gasteiger partial charge >= 0.3 is 5.76 Å². The van der Waals surface area contributed by atoms with E-state index in [1.54, 1.807) is 34.9 Å². The highest BCUT2D eigenvalue weighted by molar-refractivity contribution is 5.88. The number of nitrogens with zero attached hydrogens (tertiary/aromatic N) is 3. The van der Waals surface area contributed by atoms with Crippen molar-refractivity contribution in [1.82, 2.24) is 14.7 Å². The summed E-state index contributed by atoms with van der Waals surface area (Å²) in [5, 5.41) is 6.72. The molecule has 2 aromatic carbocycles. The van der Waals surface area contributed by atoms with E-state index in [1.165, 1.54) is 6.92 Å². The monoisotopic (exact) mass is 378 g/mol. The van der Waals surface area contributed by atoms with Crippen LogP contribution < -0.4 is 11.1 Å². The van der Waals surface area contributed by atoms with E-state index in [-0.39, 0.29) is 11.9 Å². The van der Waals surface area contributed by atoms with Gasteiger partial charge in [-0.3, -0.25) is 9.36 Å². The van der Waals surface area contributed by atoms with E-state index in [0.29, 0.717) is 28.5 Å². The van der Waals surface area contributed by atoms with Crippen LogP contribution in [0.2, 0.25) is 0 Å². The molecule has 4 aromatic rings. The van der Waals surface area contributed by atoms with Gasteiger partial charge in [0.2, 0.25) is 11.7 Å². The second-order valence-corrected chi connectivity index (χ2v) is 6.70. The number of benzene rings is 2. The third-order valence-corrected chi connectivity index (χ3v) is 4.27. The van der Waals surface area contributed by atoms with Gasteiger partial charge in [-0.25, -0.2) is 4.79 Å². The molecule has 0 aliphatic rings. The van der Waals surface area contributed by atoms with Crippen LogP contribution in [0.3, 0.4) is 0 Å². The Morgan fingerprint density at radius 3 is 2.50 bits per heavy atom. The van der Waals surface area contributed by atoms with Gasteiger partial charge in [0.15, 0.2) is 5.58 Å². The van der Waals surface area contributed by atoms with Crippen LogP contribution in [0, 0.1) is 0 Å². The van der Waals surface area contributed by atoms with E-state index in [9.17, 15) is 9.59 Å². The van der Waals surface area contributed by atoms with Crippen LogP contribution in [0.4, 0.5) is 5.69 Å². The van der Waals surface area contributed by atoms with Crippen LogP contribution in [0.1, 0.15) is 26.8 Å². The topological polar surface area (TPSA) is 103 Å². The molecule has 0 aliphatic heterocycles. The molecule has 0 fully saturated rings. The first-order valence-electron chi connectivity index (χ1n) is 8.79. The van der Waals surface area contributed by atoms with Crippen LogP contribution >= 0.6 is 0 Å². The lowest BCUT2D eigenvalue weighted by molar-refractivity contribution is -0.114. The van der Waals surface area contributed by atoms with Crippen molar-refractivity contribution in [2.24, 2.45) is 0 Å². The van der Waals surface area contributed by atoms with E-state index >= 15 is 0 Å². The fraction of sp³-hybridized carbons (Fsp3) is 0.200. The van der Waals surface area contributed by atoms with Crippen molar-refractivity contribution in [3.8, 4) is 22.8 Å². The number of rotatable bonds is 4. The minimum Gasteiger partial charge on any atom is -0.408 e. The van der Waals surface area contributed by atoms with Crippen LogP contribution in [0.25, 0.3) is 33.9 Å². The molecule has 8 nitrogen and oxygen atoms in total. The standard InChI is InChI=1S/C20H18N4O4/c1-11(2)24-16-9-6-14(10-17(16)27-20(24)26)18-22-19(28-23-18)13-4-7-15(8-5-13)21-12(3)25/h4-11H,1-3H3,(H,21,25). The van der Waals surface area contributed by atoms with Crippen LogP contribution in [-0.4, -0.2) is 20.6 Å². The minimum absolute atomic E-state index is 0.00292. The van der Waals surface area contributed by atoms with Crippen molar-refractivity contribution < 1.29 is 13.7 Å². The van der Waals surface area contributed by atoms with Gasteiger partial charge in [-0.2, -0.15) is 4.98 Å². The summed E-state index contributed by atoms with van der Waals surface area (Å²) in [6.07, 6.45) is 0. The molecule has 1 N–H and O–H groups in total. The highest BCUT2D eigenvalue weighted by Crippen LogP contribution is 2.26. The molecule has 0 unspecified atom stereocenters.